The molecular formula is C27H32N2Si. The maximum Gasteiger partial charge on any atom is 0.129 e. The molecule has 1 saturated carbocycles. The molecule has 3 heteroatoms. The van der Waals surface area contributed by atoms with Crippen molar-refractivity contribution in [2.45, 2.75) is 43.8 Å². The molecule has 0 bridgehead atoms. The first-order chi connectivity index (χ1) is 14.6. The topological polar surface area (TPSA) is 15.3 Å². The fraction of sp³-hybridized carbons (Fsp3) is 0.407. The predicted molar refractivity (Wildman–Crippen MR) is 128 cm³/mol. The molecular weight excluding hydrogens is 380 g/mol. The largest absolute Gasteiger partial charge is 0.301 e. The fourth-order valence-electron chi connectivity index (χ4n) is 7.44. The lowest BCUT2D eigenvalue weighted by Gasteiger charge is -2.47. The van der Waals surface area contributed by atoms with Crippen LogP contribution >= 0.6 is 0 Å². The van der Waals surface area contributed by atoms with Crippen molar-refractivity contribution in [1.82, 2.24) is 9.88 Å². The molecule has 5 unspecified atom stereocenters. The van der Waals surface area contributed by atoms with Crippen LogP contribution in [0.5, 0.6) is 0 Å². The molecule has 1 N–H and O–H groups in total. The Hall–Kier alpha value is -1.94. The third kappa shape index (κ3) is 2.62. The first kappa shape index (κ1) is 18.8. The van der Waals surface area contributed by atoms with E-state index in [0.29, 0.717) is 41.9 Å². The lowest BCUT2D eigenvalue weighted by Crippen LogP contribution is -2.60. The first-order valence-electron chi connectivity index (χ1n) is 11.6. The number of hydrogen-bond donors (Lipinski definition) is 1. The highest BCUT2D eigenvalue weighted by atomic mass is 28.3. The number of hydrogen-bond acceptors (Lipinski definition) is 2. The van der Waals surface area contributed by atoms with Gasteiger partial charge in [-0.15, -0.1) is 0 Å². The summed E-state index contributed by atoms with van der Waals surface area (Å²) in [6.07, 6.45) is 24.6. The van der Waals surface area contributed by atoms with Gasteiger partial charge in [0.25, 0.3) is 0 Å². The highest BCUT2D eigenvalue weighted by molar-refractivity contribution is 6.76. The van der Waals surface area contributed by atoms with E-state index in [9.17, 15) is 0 Å². The Labute approximate surface area is 181 Å². The Bertz CT molecular complexity index is 1060. The van der Waals surface area contributed by atoms with E-state index in [4.69, 9.17) is 0 Å². The maximum absolute atomic E-state index is 3.93. The molecule has 1 heterocycles. The van der Waals surface area contributed by atoms with Gasteiger partial charge in [-0.1, -0.05) is 98.1 Å². The van der Waals surface area contributed by atoms with Crippen LogP contribution in [0.3, 0.4) is 0 Å². The van der Waals surface area contributed by atoms with Gasteiger partial charge in [0.05, 0.1) is 6.17 Å². The lowest BCUT2D eigenvalue weighted by molar-refractivity contribution is 0.346. The minimum absolute atomic E-state index is 0.409. The van der Waals surface area contributed by atoms with Crippen molar-refractivity contribution in [3.05, 3.63) is 83.3 Å². The van der Waals surface area contributed by atoms with Crippen LogP contribution in [0.2, 0.25) is 18.6 Å². The highest BCUT2D eigenvalue weighted by Crippen LogP contribution is 2.59. The zero-order chi connectivity index (χ0) is 20.5. The van der Waals surface area contributed by atoms with Gasteiger partial charge in [-0.05, 0) is 46.6 Å². The van der Waals surface area contributed by atoms with Crippen molar-refractivity contribution in [2.75, 3.05) is 0 Å². The summed E-state index contributed by atoms with van der Waals surface area (Å²) in [6.45, 7) is 7.67. The summed E-state index contributed by atoms with van der Waals surface area (Å²) in [6, 6.07) is 9.74. The van der Waals surface area contributed by atoms with E-state index in [0.717, 1.165) is 5.54 Å². The van der Waals surface area contributed by atoms with Crippen molar-refractivity contribution >= 4 is 20.4 Å². The van der Waals surface area contributed by atoms with E-state index in [2.05, 4.69) is 115 Å². The minimum Gasteiger partial charge on any atom is -0.301 e. The molecule has 5 aliphatic rings. The summed E-state index contributed by atoms with van der Waals surface area (Å²) in [4.78, 5) is 0. The monoisotopic (exact) mass is 412 g/mol. The molecule has 30 heavy (non-hydrogen) atoms. The van der Waals surface area contributed by atoms with Crippen LogP contribution in [-0.4, -0.2) is 31.1 Å². The molecule has 1 saturated heterocycles. The number of allylic oxidation sites excluding steroid dienone is 8. The van der Waals surface area contributed by atoms with E-state index in [1.54, 1.807) is 0 Å². The van der Waals surface area contributed by atoms with Crippen LogP contribution in [0.15, 0.2) is 72.9 Å². The molecule has 1 aromatic carbocycles. The van der Waals surface area contributed by atoms with E-state index < -0.39 is 8.24 Å². The molecule has 0 amide bonds. The Kier molecular flexibility index (Phi) is 4.25. The number of nitrogens with one attached hydrogen (secondary N) is 1. The summed E-state index contributed by atoms with van der Waals surface area (Å²) in [5.41, 5.74) is 0.725. The Balaban J connectivity index is 1.43. The lowest BCUT2D eigenvalue weighted by atomic mass is 9.83. The number of benzene rings is 1. The highest BCUT2D eigenvalue weighted by Gasteiger charge is 2.58. The molecule has 2 nitrogen and oxygen atoms in total. The Morgan fingerprint density at radius 1 is 0.767 bits per heavy atom. The fourth-order valence-corrected chi connectivity index (χ4v) is 12.4. The van der Waals surface area contributed by atoms with Gasteiger partial charge in [0, 0.05) is 12.1 Å². The van der Waals surface area contributed by atoms with Gasteiger partial charge in [-0.25, -0.2) is 0 Å². The molecule has 1 aliphatic heterocycles. The average molecular weight is 413 g/mol. The van der Waals surface area contributed by atoms with Crippen LogP contribution in [0.25, 0.3) is 12.2 Å². The normalized spacial score (nSPS) is 40.9. The van der Waals surface area contributed by atoms with Crippen molar-refractivity contribution < 1.29 is 0 Å². The minimum atomic E-state index is -1.80. The number of fused-ring (bicyclic) bond motifs is 5. The molecule has 0 aromatic heterocycles. The molecule has 0 spiro atoms. The van der Waals surface area contributed by atoms with Crippen LogP contribution in [0.1, 0.15) is 6.92 Å². The summed E-state index contributed by atoms with van der Waals surface area (Å²) in [7, 11) is -1.80. The van der Waals surface area contributed by atoms with Crippen LogP contribution < -0.4 is 15.8 Å². The van der Waals surface area contributed by atoms with Gasteiger partial charge in [0.15, 0.2) is 0 Å². The molecule has 0 radical (unpaired) electrons. The maximum atomic E-state index is 3.93. The second kappa shape index (κ2) is 6.78. The van der Waals surface area contributed by atoms with Gasteiger partial charge in [0.2, 0.25) is 0 Å². The summed E-state index contributed by atoms with van der Waals surface area (Å²) < 4.78 is 2.92. The molecule has 1 aromatic rings. The predicted octanol–water partition coefficient (Wildman–Crippen LogP) is 3.56. The molecule has 154 valence electrons. The Morgan fingerprint density at radius 3 is 1.90 bits per heavy atom. The number of nitrogens with zero attached hydrogens (tertiary/aromatic N) is 1. The third-order valence-electron chi connectivity index (χ3n) is 8.44. The van der Waals surface area contributed by atoms with E-state index in [1.807, 2.05) is 0 Å². The van der Waals surface area contributed by atoms with Crippen molar-refractivity contribution in [2.24, 2.45) is 23.7 Å². The van der Waals surface area contributed by atoms with Gasteiger partial charge >= 0.3 is 0 Å². The zero-order valence-electron chi connectivity index (χ0n) is 18.1. The average Bonchev–Trinajstić information content (AvgIpc) is 3.26. The van der Waals surface area contributed by atoms with E-state index in [1.165, 1.54) is 10.4 Å². The SMILES string of the molecule is C[C@H]1NC2C=c3ccccc3=C[C@H]2N1[Si](C)(C)C1C2C=CC=CC2C2C=CC=CC21. The second-order valence-electron chi connectivity index (χ2n) is 10.3. The van der Waals surface area contributed by atoms with Crippen LogP contribution in [-0.2, 0) is 0 Å². The third-order valence-corrected chi connectivity index (χ3v) is 12.9. The number of rotatable bonds is 2. The van der Waals surface area contributed by atoms with Gasteiger partial charge in [0.1, 0.15) is 8.24 Å². The smallest absolute Gasteiger partial charge is 0.129 e. The summed E-state index contributed by atoms with van der Waals surface area (Å²) in [5, 5.41) is 6.70. The summed E-state index contributed by atoms with van der Waals surface area (Å²) in [5.74, 6) is 2.62. The van der Waals surface area contributed by atoms with Gasteiger partial charge in [-0.3, -0.25) is 5.32 Å². The zero-order valence-corrected chi connectivity index (χ0v) is 19.1. The van der Waals surface area contributed by atoms with Crippen molar-refractivity contribution in [3.63, 3.8) is 0 Å². The molecule has 2 fully saturated rings. The standard InChI is InChI=1S/C27H32N2Si/c1-18-28-25-16-19-10-4-5-11-20(19)17-26(25)29(18)30(2,3)27-23-14-8-6-12-21(23)22-13-7-9-15-24(22)27/h4-18,21-28H,1-3H3/t18-,21?,22?,23?,24?,25?,26+,27?/m0/s1. The molecule has 7 atom stereocenters. The first-order valence-corrected chi connectivity index (χ1v) is 14.6. The van der Waals surface area contributed by atoms with Crippen molar-refractivity contribution in [3.8, 4) is 0 Å². The molecule has 6 rings (SSSR count). The summed E-state index contributed by atoms with van der Waals surface area (Å²) >= 11 is 0. The van der Waals surface area contributed by atoms with Crippen LogP contribution in [0, 0.1) is 23.7 Å². The van der Waals surface area contributed by atoms with E-state index >= 15 is 0 Å². The molecule has 4 aliphatic carbocycles. The second-order valence-corrected chi connectivity index (χ2v) is 14.7. The van der Waals surface area contributed by atoms with E-state index in [-0.39, 0.29) is 0 Å². The van der Waals surface area contributed by atoms with Gasteiger partial charge in [-0.2, -0.15) is 0 Å². The quantitative estimate of drug-likeness (QED) is 0.748. The van der Waals surface area contributed by atoms with Crippen LogP contribution in [0.4, 0.5) is 0 Å². The van der Waals surface area contributed by atoms with Crippen molar-refractivity contribution in [1.29, 1.82) is 0 Å². The Morgan fingerprint density at radius 2 is 1.30 bits per heavy atom. The van der Waals surface area contributed by atoms with Gasteiger partial charge < -0.3 is 4.57 Å².